The molecule has 0 aromatic rings. The van der Waals surface area contributed by atoms with Crippen molar-refractivity contribution in [3.63, 3.8) is 0 Å². The molecule has 0 aromatic carbocycles. The Kier molecular flexibility index (Phi) is 57.0. The van der Waals surface area contributed by atoms with E-state index in [1.54, 1.807) is 6.08 Å². The number of nitrogens with one attached hydrogen (secondary N) is 1. The van der Waals surface area contributed by atoms with Crippen molar-refractivity contribution in [3.8, 4) is 0 Å². The van der Waals surface area contributed by atoms with Gasteiger partial charge in [0.25, 0.3) is 0 Å². The van der Waals surface area contributed by atoms with Gasteiger partial charge in [0.2, 0.25) is 5.91 Å². The lowest BCUT2D eigenvalue weighted by Gasteiger charge is -2.20. The van der Waals surface area contributed by atoms with Crippen LogP contribution in [0.3, 0.4) is 0 Å². The Labute approximate surface area is 430 Å². The number of rotatable bonds is 57. The highest BCUT2D eigenvalue weighted by Crippen LogP contribution is 2.17. The predicted molar refractivity (Wildman–Crippen MR) is 301 cm³/mol. The number of unbranched alkanes of at least 4 members (excludes halogenated alkanes) is 42. The molecule has 0 saturated carbocycles. The Morgan fingerprint density at radius 1 is 0.406 bits per heavy atom. The number of carbonyl (C=O) groups excluding carboxylic acids is 2. The van der Waals surface area contributed by atoms with Crippen LogP contribution in [0.15, 0.2) is 36.5 Å². The van der Waals surface area contributed by atoms with E-state index in [-0.39, 0.29) is 18.5 Å². The van der Waals surface area contributed by atoms with Crippen LogP contribution >= 0.6 is 0 Å². The van der Waals surface area contributed by atoms with E-state index < -0.39 is 12.1 Å². The van der Waals surface area contributed by atoms with Gasteiger partial charge in [-0.05, 0) is 57.8 Å². The quantitative estimate of drug-likeness (QED) is 0.0321. The highest BCUT2D eigenvalue weighted by molar-refractivity contribution is 5.76. The molecule has 0 aromatic heterocycles. The van der Waals surface area contributed by atoms with Crippen LogP contribution in [0.5, 0.6) is 0 Å². The highest BCUT2D eigenvalue weighted by atomic mass is 16.5. The number of hydrogen-bond acceptors (Lipinski definition) is 5. The number of carbonyl (C=O) groups is 2. The first kappa shape index (κ1) is 67.1. The zero-order chi connectivity index (χ0) is 50.0. The van der Waals surface area contributed by atoms with Gasteiger partial charge in [-0.3, -0.25) is 9.59 Å². The molecular formula is C63H119NO5. The van der Waals surface area contributed by atoms with Crippen LogP contribution in [-0.2, 0) is 14.3 Å². The van der Waals surface area contributed by atoms with Gasteiger partial charge in [-0.2, -0.15) is 0 Å². The number of ether oxygens (including phenoxy) is 1. The fraction of sp³-hybridized carbons (Fsp3) is 0.873. The van der Waals surface area contributed by atoms with Crippen molar-refractivity contribution in [2.75, 3.05) is 13.2 Å². The smallest absolute Gasteiger partial charge is 0.305 e. The third-order valence-corrected chi connectivity index (χ3v) is 14.1. The average molecular weight is 971 g/mol. The fourth-order valence-electron chi connectivity index (χ4n) is 9.44. The molecule has 6 nitrogen and oxygen atoms in total. The van der Waals surface area contributed by atoms with Crippen molar-refractivity contribution in [1.82, 2.24) is 5.32 Å². The molecule has 3 N–H and O–H groups in total. The van der Waals surface area contributed by atoms with E-state index in [9.17, 15) is 19.8 Å². The second-order valence-corrected chi connectivity index (χ2v) is 21.0. The van der Waals surface area contributed by atoms with Crippen molar-refractivity contribution in [1.29, 1.82) is 0 Å². The molecule has 0 bridgehead atoms. The van der Waals surface area contributed by atoms with Gasteiger partial charge in [-0.25, -0.2) is 0 Å². The molecule has 2 atom stereocenters. The summed E-state index contributed by atoms with van der Waals surface area (Å²) in [5.41, 5.74) is 0. The van der Waals surface area contributed by atoms with Crippen LogP contribution in [0.2, 0.25) is 0 Å². The van der Waals surface area contributed by atoms with Crippen molar-refractivity contribution in [2.24, 2.45) is 0 Å². The number of aliphatic hydroxyl groups excluding tert-OH is 2. The number of aliphatic hydroxyl groups is 2. The van der Waals surface area contributed by atoms with E-state index in [1.807, 2.05) is 6.08 Å². The van der Waals surface area contributed by atoms with E-state index >= 15 is 0 Å². The van der Waals surface area contributed by atoms with Crippen LogP contribution in [0, 0.1) is 0 Å². The molecule has 0 rings (SSSR count). The summed E-state index contributed by atoms with van der Waals surface area (Å²) in [6.07, 6.45) is 73.2. The first-order valence-corrected chi connectivity index (χ1v) is 30.8. The second kappa shape index (κ2) is 58.6. The summed E-state index contributed by atoms with van der Waals surface area (Å²) in [6, 6.07) is -0.628. The molecule has 1 amide bonds. The molecule has 0 aliphatic heterocycles. The maximum absolute atomic E-state index is 12.5. The minimum absolute atomic E-state index is 0.00268. The second-order valence-electron chi connectivity index (χ2n) is 21.0. The number of esters is 1. The van der Waals surface area contributed by atoms with Gasteiger partial charge in [0.1, 0.15) is 0 Å². The SMILES string of the molecule is CCC/C=C\C/C=C\CCCCCCCC(=O)OCCCCCCCCCCCCCCCCCCCCCCCCC(=O)NC(CO)C(O)/C=C/CCCCCCCCCCCCCCCCC. The fourth-order valence-corrected chi connectivity index (χ4v) is 9.44. The number of hydrogen-bond donors (Lipinski definition) is 3. The molecule has 0 aliphatic rings. The molecule has 0 saturated heterocycles. The third kappa shape index (κ3) is 55.2. The Morgan fingerprint density at radius 3 is 1.16 bits per heavy atom. The Balaban J connectivity index is 3.41. The van der Waals surface area contributed by atoms with Crippen molar-refractivity contribution in [3.05, 3.63) is 36.5 Å². The Morgan fingerprint density at radius 2 is 0.754 bits per heavy atom. The van der Waals surface area contributed by atoms with Crippen LogP contribution in [0.1, 0.15) is 328 Å². The van der Waals surface area contributed by atoms with Gasteiger partial charge >= 0.3 is 5.97 Å². The molecule has 0 fully saturated rings. The van der Waals surface area contributed by atoms with Gasteiger partial charge in [0.15, 0.2) is 0 Å². The predicted octanol–water partition coefficient (Wildman–Crippen LogP) is 19.2. The Bertz CT molecular complexity index is 1120. The molecule has 0 heterocycles. The molecule has 406 valence electrons. The number of allylic oxidation sites excluding steroid dienone is 5. The first-order valence-electron chi connectivity index (χ1n) is 30.8. The summed E-state index contributed by atoms with van der Waals surface area (Å²) < 4.78 is 5.47. The summed E-state index contributed by atoms with van der Waals surface area (Å²) in [4.78, 5) is 24.5. The lowest BCUT2D eigenvalue weighted by atomic mass is 10.0. The topological polar surface area (TPSA) is 95.9 Å². The summed E-state index contributed by atoms with van der Waals surface area (Å²) in [5, 5.41) is 23.2. The molecule has 6 heteroatoms. The summed E-state index contributed by atoms with van der Waals surface area (Å²) >= 11 is 0. The largest absolute Gasteiger partial charge is 0.466 e. The van der Waals surface area contributed by atoms with E-state index in [1.165, 1.54) is 250 Å². The molecule has 69 heavy (non-hydrogen) atoms. The zero-order valence-corrected chi connectivity index (χ0v) is 46.3. The highest BCUT2D eigenvalue weighted by Gasteiger charge is 2.18. The monoisotopic (exact) mass is 970 g/mol. The lowest BCUT2D eigenvalue weighted by molar-refractivity contribution is -0.143. The minimum atomic E-state index is -0.845. The molecule has 0 spiro atoms. The van der Waals surface area contributed by atoms with Crippen LogP contribution in [0.4, 0.5) is 0 Å². The lowest BCUT2D eigenvalue weighted by Crippen LogP contribution is -2.45. The normalized spacial score (nSPS) is 12.8. The third-order valence-electron chi connectivity index (χ3n) is 14.1. The molecule has 0 aliphatic carbocycles. The van der Waals surface area contributed by atoms with E-state index in [0.717, 1.165) is 51.4 Å². The molecule has 2 unspecified atom stereocenters. The summed E-state index contributed by atoms with van der Waals surface area (Å²) in [7, 11) is 0. The first-order chi connectivity index (χ1) is 34.0. The summed E-state index contributed by atoms with van der Waals surface area (Å²) in [5.74, 6) is -0.0693. The van der Waals surface area contributed by atoms with Gasteiger partial charge in [-0.15, -0.1) is 0 Å². The Hall–Kier alpha value is -1.92. The van der Waals surface area contributed by atoms with Gasteiger partial charge in [0, 0.05) is 12.8 Å². The van der Waals surface area contributed by atoms with Crippen LogP contribution < -0.4 is 5.32 Å². The number of amides is 1. The standard InChI is InChI=1S/C63H119NO5/c1-3-5-7-9-11-13-15-17-18-25-28-32-35-39-43-47-51-55-61(66)60(59-65)64-62(67)56-52-48-44-40-36-33-29-26-23-21-19-20-22-24-27-30-34-38-42-46-50-54-58-69-63(68)57-53-49-45-41-37-31-16-14-12-10-8-6-4-2/h8,10,14,16,51,55,60-61,65-66H,3-7,9,11-13,15,17-50,52-54,56-59H2,1-2H3,(H,64,67)/b10-8-,16-14-,55-51+. The van der Waals surface area contributed by atoms with Gasteiger partial charge < -0.3 is 20.3 Å². The van der Waals surface area contributed by atoms with E-state index in [4.69, 9.17) is 4.74 Å². The zero-order valence-electron chi connectivity index (χ0n) is 46.3. The maximum Gasteiger partial charge on any atom is 0.305 e. The molecule has 0 radical (unpaired) electrons. The van der Waals surface area contributed by atoms with Crippen molar-refractivity contribution < 1.29 is 24.5 Å². The van der Waals surface area contributed by atoms with Gasteiger partial charge in [0.05, 0.1) is 25.4 Å². The van der Waals surface area contributed by atoms with Crippen LogP contribution in [-0.4, -0.2) is 47.4 Å². The van der Waals surface area contributed by atoms with Crippen LogP contribution in [0.25, 0.3) is 0 Å². The van der Waals surface area contributed by atoms with Crippen molar-refractivity contribution >= 4 is 11.9 Å². The van der Waals surface area contributed by atoms with Crippen molar-refractivity contribution in [2.45, 2.75) is 341 Å². The maximum atomic E-state index is 12.5. The minimum Gasteiger partial charge on any atom is -0.466 e. The van der Waals surface area contributed by atoms with E-state index in [0.29, 0.717) is 19.4 Å². The average Bonchev–Trinajstić information content (AvgIpc) is 3.35. The van der Waals surface area contributed by atoms with E-state index in [2.05, 4.69) is 43.5 Å². The summed E-state index contributed by atoms with van der Waals surface area (Å²) in [6.45, 7) is 4.85. The van der Waals surface area contributed by atoms with Gasteiger partial charge in [-0.1, -0.05) is 294 Å². The molecular weight excluding hydrogens is 851 g/mol.